The molecule has 25 heavy (non-hydrogen) atoms. The van der Waals surface area contributed by atoms with E-state index in [1.54, 1.807) is 6.20 Å². The molecule has 0 saturated heterocycles. The summed E-state index contributed by atoms with van der Waals surface area (Å²) in [6, 6.07) is 13.9. The zero-order valence-electron chi connectivity index (χ0n) is 14.1. The molecule has 1 radical (unpaired) electrons. The Morgan fingerprint density at radius 2 is 1.52 bits per heavy atom. The van der Waals surface area contributed by atoms with Crippen molar-refractivity contribution >= 4 is 30.7 Å². The highest BCUT2D eigenvalue weighted by atomic mass is 35.5. The van der Waals surface area contributed by atoms with Crippen molar-refractivity contribution in [1.82, 2.24) is 4.98 Å². The van der Waals surface area contributed by atoms with Crippen LogP contribution in [-0.4, -0.2) is 17.5 Å². The van der Waals surface area contributed by atoms with Gasteiger partial charge < -0.3 is 5.02 Å². The summed E-state index contributed by atoms with van der Waals surface area (Å²) in [5.41, 5.74) is 6.77. The molecule has 0 fully saturated rings. The van der Waals surface area contributed by atoms with Gasteiger partial charge in [0, 0.05) is 27.5 Å². The number of halogens is 2. The molecule has 3 rings (SSSR count). The van der Waals surface area contributed by atoms with Crippen molar-refractivity contribution in [3.05, 3.63) is 75.5 Å². The molecule has 0 spiro atoms. The van der Waals surface area contributed by atoms with Gasteiger partial charge in [0.1, 0.15) is 0 Å². The lowest BCUT2D eigenvalue weighted by molar-refractivity contribution is 0.599. The van der Waals surface area contributed by atoms with Gasteiger partial charge in [0.25, 0.3) is 7.48 Å². The summed E-state index contributed by atoms with van der Waals surface area (Å²) in [5.74, 6) is 0. The van der Waals surface area contributed by atoms with E-state index in [9.17, 15) is 5.02 Å². The van der Waals surface area contributed by atoms with Crippen molar-refractivity contribution in [3.63, 3.8) is 0 Å². The predicted octanol–water partition coefficient (Wildman–Crippen LogP) is 5.45. The summed E-state index contributed by atoms with van der Waals surface area (Å²) in [6.45, 7) is 3.95. The number of hydrogen-bond acceptors (Lipinski definition) is 2. The van der Waals surface area contributed by atoms with E-state index in [0.29, 0.717) is 11.3 Å². The third kappa shape index (κ3) is 3.74. The molecule has 2 aromatic carbocycles. The Morgan fingerprint density at radius 1 is 0.920 bits per heavy atom. The fourth-order valence-electron chi connectivity index (χ4n) is 2.82. The van der Waals surface area contributed by atoms with Gasteiger partial charge >= 0.3 is 0 Å². The van der Waals surface area contributed by atoms with Crippen LogP contribution in [0.5, 0.6) is 0 Å². The van der Waals surface area contributed by atoms with Gasteiger partial charge in [-0.3, -0.25) is 4.98 Å². The Kier molecular flexibility index (Phi) is 5.48. The molecule has 1 heterocycles. The summed E-state index contributed by atoms with van der Waals surface area (Å²) in [6.07, 6.45) is 2.11. The summed E-state index contributed by atoms with van der Waals surface area (Å²) >= 11 is 12.7. The molecule has 0 bridgehead atoms. The minimum atomic E-state index is 0.355. The quantitative estimate of drug-likeness (QED) is 0.621. The molecule has 3 aromatic rings. The summed E-state index contributed by atoms with van der Waals surface area (Å²) in [4.78, 5) is 4.46. The standard InChI is InChI=1S/C20H17BCl2NO/c1-12-3-5-14(9-17(12)22)16-7-8-24-19(11-21-25)20(16)15-6-4-13(2)18(23)10-15/h3-10,25H,11H2,1-2H3. The smallest absolute Gasteiger partial charge is 0.293 e. The monoisotopic (exact) mass is 368 g/mol. The fraction of sp³-hybridized carbons (Fsp3) is 0.150. The third-order valence-electron chi connectivity index (χ3n) is 4.26. The number of rotatable bonds is 4. The average molecular weight is 369 g/mol. The fourth-order valence-corrected chi connectivity index (χ4v) is 3.18. The Balaban J connectivity index is 2.26. The lowest BCUT2D eigenvalue weighted by atomic mass is 9.85. The van der Waals surface area contributed by atoms with E-state index in [4.69, 9.17) is 23.2 Å². The van der Waals surface area contributed by atoms with Crippen LogP contribution < -0.4 is 0 Å². The molecular formula is C20H17BCl2NO. The zero-order chi connectivity index (χ0) is 18.0. The van der Waals surface area contributed by atoms with Crippen LogP contribution in [0.3, 0.4) is 0 Å². The van der Waals surface area contributed by atoms with E-state index in [-0.39, 0.29) is 0 Å². The molecule has 1 N–H and O–H groups in total. The van der Waals surface area contributed by atoms with Crippen LogP contribution in [0, 0.1) is 13.8 Å². The highest BCUT2D eigenvalue weighted by Gasteiger charge is 2.15. The van der Waals surface area contributed by atoms with Crippen LogP contribution >= 0.6 is 23.2 Å². The van der Waals surface area contributed by atoms with Crippen molar-refractivity contribution in [3.8, 4) is 22.3 Å². The average Bonchev–Trinajstić information content (AvgIpc) is 2.60. The third-order valence-corrected chi connectivity index (χ3v) is 5.07. The largest absolute Gasteiger partial charge is 0.454 e. The number of aryl methyl sites for hydroxylation is 2. The minimum Gasteiger partial charge on any atom is -0.454 e. The van der Waals surface area contributed by atoms with Gasteiger partial charge in [-0.15, -0.1) is 0 Å². The molecule has 0 saturated carbocycles. The highest BCUT2D eigenvalue weighted by molar-refractivity contribution is 6.32. The van der Waals surface area contributed by atoms with Crippen molar-refractivity contribution in [2.75, 3.05) is 0 Å². The first-order valence-corrected chi connectivity index (χ1v) is 8.73. The molecule has 0 aliphatic rings. The van der Waals surface area contributed by atoms with Crippen molar-refractivity contribution in [2.24, 2.45) is 0 Å². The Bertz CT molecular complexity index is 928. The lowest BCUT2D eigenvalue weighted by Crippen LogP contribution is -2.02. The van der Waals surface area contributed by atoms with Crippen LogP contribution in [0.2, 0.25) is 10.0 Å². The molecule has 125 valence electrons. The predicted molar refractivity (Wildman–Crippen MR) is 106 cm³/mol. The van der Waals surface area contributed by atoms with E-state index < -0.39 is 0 Å². The molecule has 0 unspecified atom stereocenters. The summed E-state index contributed by atoms with van der Waals surface area (Å²) in [7, 11) is 1.12. The van der Waals surface area contributed by atoms with Gasteiger partial charge in [0.05, 0.1) is 0 Å². The number of hydrogen-bond donors (Lipinski definition) is 1. The van der Waals surface area contributed by atoms with Gasteiger partial charge in [-0.2, -0.15) is 0 Å². The molecule has 0 atom stereocenters. The van der Waals surface area contributed by atoms with E-state index >= 15 is 0 Å². The van der Waals surface area contributed by atoms with Crippen LogP contribution in [-0.2, 0) is 6.32 Å². The first-order chi connectivity index (χ1) is 12.0. The molecule has 0 aliphatic carbocycles. The first kappa shape index (κ1) is 18.0. The van der Waals surface area contributed by atoms with E-state index in [2.05, 4.69) is 4.98 Å². The minimum absolute atomic E-state index is 0.355. The van der Waals surface area contributed by atoms with Crippen LogP contribution in [0.4, 0.5) is 0 Å². The SMILES string of the molecule is Cc1ccc(-c2ccnc(C[B]O)c2-c2ccc(C)c(Cl)c2)cc1Cl. The van der Waals surface area contributed by atoms with E-state index in [1.807, 2.05) is 56.3 Å². The van der Waals surface area contributed by atoms with Crippen LogP contribution in [0.15, 0.2) is 48.7 Å². The second-order valence-electron chi connectivity index (χ2n) is 5.99. The number of benzene rings is 2. The number of nitrogens with zero attached hydrogens (tertiary/aromatic N) is 1. The first-order valence-electron chi connectivity index (χ1n) is 7.98. The van der Waals surface area contributed by atoms with Crippen molar-refractivity contribution in [1.29, 1.82) is 0 Å². The summed E-state index contributed by atoms with van der Waals surface area (Å²) < 4.78 is 0. The molecule has 2 nitrogen and oxygen atoms in total. The van der Waals surface area contributed by atoms with Crippen LogP contribution in [0.1, 0.15) is 16.8 Å². The van der Waals surface area contributed by atoms with Gasteiger partial charge in [-0.1, -0.05) is 47.5 Å². The second kappa shape index (κ2) is 7.61. The zero-order valence-corrected chi connectivity index (χ0v) is 15.6. The maximum absolute atomic E-state index is 9.32. The van der Waals surface area contributed by atoms with Gasteiger partial charge in [0.15, 0.2) is 0 Å². The van der Waals surface area contributed by atoms with E-state index in [1.165, 1.54) is 0 Å². The Labute approximate surface area is 158 Å². The maximum Gasteiger partial charge on any atom is 0.293 e. The van der Waals surface area contributed by atoms with E-state index in [0.717, 1.165) is 51.6 Å². The lowest BCUT2D eigenvalue weighted by Gasteiger charge is -2.15. The molecule has 0 aliphatic heterocycles. The Hall–Kier alpha value is -1.81. The topological polar surface area (TPSA) is 33.1 Å². The molecular weight excluding hydrogens is 352 g/mol. The molecule has 1 aromatic heterocycles. The Morgan fingerprint density at radius 3 is 2.12 bits per heavy atom. The van der Waals surface area contributed by atoms with Gasteiger partial charge in [0.2, 0.25) is 0 Å². The molecule has 5 heteroatoms. The number of pyridine rings is 1. The second-order valence-corrected chi connectivity index (χ2v) is 6.81. The maximum atomic E-state index is 9.32. The van der Waals surface area contributed by atoms with Crippen LogP contribution in [0.25, 0.3) is 22.3 Å². The van der Waals surface area contributed by atoms with Crippen molar-refractivity contribution < 1.29 is 5.02 Å². The number of aromatic nitrogens is 1. The van der Waals surface area contributed by atoms with Gasteiger partial charge in [-0.25, -0.2) is 0 Å². The summed E-state index contributed by atoms with van der Waals surface area (Å²) in [5, 5.41) is 10.7. The highest BCUT2D eigenvalue weighted by Crippen LogP contribution is 2.37. The van der Waals surface area contributed by atoms with Gasteiger partial charge in [-0.05, 0) is 66.2 Å². The molecule has 0 amide bonds. The normalized spacial score (nSPS) is 10.8. The van der Waals surface area contributed by atoms with Crippen molar-refractivity contribution in [2.45, 2.75) is 20.2 Å².